The number of ether oxygens (including phenoxy) is 2. The Hall–Kier alpha value is -3.75. The quantitative estimate of drug-likeness (QED) is 0.703. The van der Waals surface area contributed by atoms with Gasteiger partial charge >= 0.3 is 0 Å². The predicted molar refractivity (Wildman–Crippen MR) is 95.4 cm³/mol. The Labute approximate surface area is 158 Å². The third-order valence-electron chi connectivity index (χ3n) is 3.98. The summed E-state index contributed by atoms with van der Waals surface area (Å²) in [6.45, 7) is 0.470. The van der Waals surface area contributed by atoms with Gasteiger partial charge in [-0.2, -0.15) is 0 Å². The molecule has 9 heteroatoms. The van der Waals surface area contributed by atoms with E-state index in [1.807, 2.05) is 6.07 Å². The number of halogens is 2. The third kappa shape index (κ3) is 3.83. The molecule has 0 saturated carbocycles. The van der Waals surface area contributed by atoms with E-state index in [4.69, 9.17) is 9.47 Å². The largest absolute Gasteiger partial charge is 0.454 e. The van der Waals surface area contributed by atoms with E-state index in [-0.39, 0.29) is 19.0 Å². The lowest BCUT2D eigenvalue weighted by Gasteiger charge is -2.07. The summed E-state index contributed by atoms with van der Waals surface area (Å²) in [5.74, 6) is -0.712. The van der Waals surface area contributed by atoms with Crippen LogP contribution in [0.25, 0.3) is 0 Å². The van der Waals surface area contributed by atoms with Gasteiger partial charge in [0.15, 0.2) is 34.6 Å². The van der Waals surface area contributed by atoms with Crippen LogP contribution in [-0.2, 0) is 6.54 Å². The van der Waals surface area contributed by atoms with Crippen LogP contribution in [0.4, 0.5) is 20.3 Å². The van der Waals surface area contributed by atoms with Crippen LogP contribution < -0.4 is 20.1 Å². The van der Waals surface area contributed by atoms with Gasteiger partial charge in [-0.25, -0.2) is 8.78 Å². The Morgan fingerprint density at radius 3 is 2.61 bits per heavy atom. The minimum absolute atomic E-state index is 0.122. The summed E-state index contributed by atoms with van der Waals surface area (Å²) in [7, 11) is 0. The highest BCUT2D eigenvalue weighted by Crippen LogP contribution is 2.32. The van der Waals surface area contributed by atoms with Gasteiger partial charge in [0.05, 0.1) is 0 Å². The molecule has 0 saturated heterocycles. The maximum absolute atomic E-state index is 13.2. The zero-order valence-electron chi connectivity index (χ0n) is 14.4. The van der Waals surface area contributed by atoms with Crippen molar-refractivity contribution in [1.82, 2.24) is 15.5 Å². The molecule has 28 heavy (non-hydrogen) atoms. The van der Waals surface area contributed by atoms with Crippen LogP contribution in [0.1, 0.15) is 16.1 Å². The number of anilines is 2. The summed E-state index contributed by atoms with van der Waals surface area (Å²) in [6, 6.07) is 11.8. The SMILES string of the molecule is O=C(NCc1ccc2c(c1)OCO2)c1ccc(Nc2ccc(F)c(F)c2)nn1. The molecule has 2 N–H and O–H groups in total. The van der Waals surface area contributed by atoms with E-state index >= 15 is 0 Å². The normalized spacial score (nSPS) is 11.9. The van der Waals surface area contributed by atoms with Gasteiger partial charge in [-0.15, -0.1) is 10.2 Å². The highest BCUT2D eigenvalue weighted by atomic mass is 19.2. The molecule has 2 aromatic carbocycles. The highest BCUT2D eigenvalue weighted by Gasteiger charge is 2.14. The number of rotatable bonds is 5. The first-order valence-corrected chi connectivity index (χ1v) is 8.31. The average molecular weight is 384 g/mol. The van der Waals surface area contributed by atoms with Crippen LogP contribution in [0.15, 0.2) is 48.5 Å². The second-order valence-electron chi connectivity index (χ2n) is 5.93. The van der Waals surface area contributed by atoms with Gasteiger partial charge in [0.2, 0.25) is 6.79 Å². The van der Waals surface area contributed by atoms with Crippen LogP contribution in [0, 0.1) is 11.6 Å². The van der Waals surface area contributed by atoms with Gasteiger partial charge in [-0.05, 0) is 42.0 Å². The standard InChI is InChI=1S/C19H14F2N4O3/c20-13-3-2-12(8-14(13)21)23-18-6-4-15(24-25-18)19(26)22-9-11-1-5-16-17(7-11)28-10-27-16/h1-8H,9-10H2,(H,22,26)(H,23,25). The van der Waals surface area contributed by atoms with Crippen molar-refractivity contribution >= 4 is 17.4 Å². The Morgan fingerprint density at radius 1 is 0.964 bits per heavy atom. The van der Waals surface area contributed by atoms with Crippen molar-refractivity contribution in [1.29, 1.82) is 0 Å². The number of nitrogens with one attached hydrogen (secondary N) is 2. The summed E-state index contributed by atoms with van der Waals surface area (Å²) in [4.78, 5) is 12.2. The molecular formula is C19H14F2N4O3. The molecule has 0 spiro atoms. The molecule has 0 atom stereocenters. The number of benzene rings is 2. The highest BCUT2D eigenvalue weighted by molar-refractivity contribution is 5.92. The Balaban J connectivity index is 1.36. The van der Waals surface area contributed by atoms with Gasteiger partial charge < -0.3 is 20.1 Å². The lowest BCUT2D eigenvalue weighted by atomic mass is 10.2. The number of carbonyl (C=O) groups is 1. The number of nitrogens with zero attached hydrogens (tertiary/aromatic N) is 2. The van der Waals surface area contributed by atoms with E-state index in [0.717, 1.165) is 17.7 Å². The van der Waals surface area contributed by atoms with E-state index in [2.05, 4.69) is 20.8 Å². The van der Waals surface area contributed by atoms with E-state index in [1.165, 1.54) is 18.2 Å². The molecule has 1 aromatic heterocycles. The van der Waals surface area contributed by atoms with Crippen molar-refractivity contribution in [3.63, 3.8) is 0 Å². The van der Waals surface area contributed by atoms with Crippen LogP contribution in [0.3, 0.4) is 0 Å². The number of amides is 1. The van der Waals surface area contributed by atoms with E-state index in [1.54, 1.807) is 12.1 Å². The minimum Gasteiger partial charge on any atom is -0.454 e. The van der Waals surface area contributed by atoms with Crippen LogP contribution >= 0.6 is 0 Å². The topological polar surface area (TPSA) is 85.4 Å². The number of hydrogen-bond donors (Lipinski definition) is 2. The first-order valence-electron chi connectivity index (χ1n) is 8.31. The van der Waals surface area contributed by atoms with Crippen LogP contribution in [0.5, 0.6) is 11.5 Å². The second kappa shape index (κ2) is 7.47. The van der Waals surface area contributed by atoms with Crippen molar-refractivity contribution in [3.05, 3.63) is 71.4 Å². The molecule has 1 amide bonds. The minimum atomic E-state index is -0.975. The van der Waals surface area contributed by atoms with E-state index in [0.29, 0.717) is 23.0 Å². The Kier molecular flexibility index (Phi) is 4.71. The van der Waals surface area contributed by atoms with Crippen molar-refractivity contribution in [2.24, 2.45) is 0 Å². The first-order chi connectivity index (χ1) is 13.6. The summed E-state index contributed by atoms with van der Waals surface area (Å²) in [5, 5.41) is 13.2. The van der Waals surface area contributed by atoms with Crippen molar-refractivity contribution in [2.45, 2.75) is 6.54 Å². The molecule has 4 rings (SSSR count). The molecule has 3 aromatic rings. The smallest absolute Gasteiger partial charge is 0.272 e. The van der Waals surface area contributed by atoms with Crippen LogP contribution in [0.2, 0.25) is 0 Å². The molecule has 0 unspecified atom stereocenters. The number of carbonyl (C=O) groups excluding carboxylic acids is 1. The van der Waals surface area contributed by atoms with Gasteiger partial charge in [-0.1, -0.05) is 6.07 Å². The lowest BCUT2D eigenvalue weighted by molar-refractivity contribution is 0.0945. The maximum Gasteiger partial charge on any atom is 0.272 e. The summed E-state index contributed by atoms with van der Waals surface area (Å²) < 4.78 is 36.7. The monoisotopic (exact) mass is 384 g/mol. The van der Waals surface area contributed by atoms with Crippen LogP contribution in [-0.4, -0.2) is 22.9 Å². The summed E-state index contributed by atoms with van der Waals surface area (Å²) in [5.41, 5.74) is 1.28. The predicted octanol–water partition coefficient (Wildman–Crippen LogP) is 3.16. The number of hydrogen-bond acceptors (Lipinski definition) is 6. The molecule has 0 radical (unpaired) electrons. The fourth-order valence-corrected chi connectivity index (χ4v) is 2.57. The molecule has 0 aliphatic carbocycles. The molecule has 7 nitrogen and oxygen atoms in total. The number of fused-ring (bicyclic) bond motifs is 1. The maximum atomic E-state index is 13.2. The molecule has 1 aliphatic rings. The fraction of sp³-hybridized carbons (Fsp3) is 0.105. The number of aromatic nitrogens is 2. The Bertz CT molecular complexity index is 1030. The fourth-order valence-electron chi connectivity index (χ4n) is 2.57. The lowest BCUT2D eigenvalue weighted by Crippen LogP contribution is -2.24. The van der Waals surface area contributed by atoms with Gasteiger partial charge in [0.1, 0.15) is 0 Å². The van der Waals surface area contributed by atoms with E-state index < -0.39 is 17.5 Å². The molecule has 2 heterocycles. The average Bonchev–Trinajstić information content (AvgIpc) is 3.17. The molecule has 142 valence electrons. The summed E-state index contributed by atoms with van der Waals surface area (Å²) in [6.07, 6.45) is 0. The van der Waals surface area contributed by atoms with E-state index in [9.17, 15) is 13.6 Å². The second-order valence-corrected chi connectivity index (χ2v) is 5.93. The Morgan fingerprint density at radius 2 is 1.82 bits per heavy atom. The zero-order valence-corrected chi connectivity index (χ0v) is 14.4. The molecule has 0 bridgehead atoms. The zero-order chi connectivity index (χ0) is 19.5. The molecule has 0 fully saturated rings. The van der Waals surface area contributed by atoms with Gasteiger partial charge in [0.25, 0.3) is 5.91 Å². The van der Waals surface area contributed by atoms with Gasteiger partial charge in [0, 0.05) is 18.3 Å². The van der Waals surface area contributed by atoms with Crippen molar-refractivity contribution < 1.29 is 23.0 Å². The van der Waals surface area contributed by atoms with Crippen molar-refractivity contribution in [3.8, 4) is 11.5 Å². The molecule has 1 aliphatic heterocycles. The van der Waals surface area contributed by atoms with Crippen molar-refractivity contribution in [2.75, 3.05) is 12.1 Å². The molecular weight excluding hydrogens is 370 g/mol. The van der Waals surface area contributed by atoms with Gasteiger partial charge in [-0.3, -0.25) is 4.79 Å². The third-order valence-corrected chi connectivity index (χ3v) is 3.98. The summed E-state index contributed by atoms with van der Waals surface area (Å²) >= 11 is 0. The first kappa shape index (κ1) is 17.7.